The molecular formula is C13H10BrF2N3O3. The van der Waals surface area contributed by atoms with Crippen LogP contribution in [-0.4, -0.2) is 30.2 Å². The Kier molecular flexibility index (Phi) is 4.55. The molecule has 0 saturated carbocycles. The summed E-state index contributed by atoms with van der Waals surface area (Å²) in [5, 5.41) is 0. The summed E-state index contributed by atoms with van der Waals surface area (Å²) in [7, 11) is 2.40. The second-order valence-electron chi connectivity index (χ2n) is 4.03. The van der Waals surface area contributed by atoms with Crippen molar-refractivity contribution in [2.75, 3.05) is 20.0 Å². The van der Waals surface area contributed by atoms with E-state index in [0.717, 1.165) is 7.11 Å². The predicted octanol–water partition coefficient (Wildman–Crippen LogP) is 2.56. The molecule has 1 aromatic carbocycles. The van der Waals surface area contributed by atoms with Crippen molar-refractivity contribution in [1.29, 1.82) is 0 Å². The molecule has 9 heteroatoms. The second kappa shape index (κ2) is 6.22. The Hall–Kier alpha value is -2.29. The van der Waals surface area contributed by atoms with Gasteiger partial charge in [-0.3, -0.25) is 0 Å². The molecule has 116 valence electrons. The van der Waals surface area contributed by atoms with Gasteiger partial charge >= 0.3 is 5.97 Å². The van der Waals surface area contributed by atoms with E-state index >= 15 is 0 Å². The van der Waals surface area contributed by atoms with Gasteiger partial charge in [0.2, 0.25) is 0 Å². The average Bonchev–Trinajstić information content (AvgIpc) is 2.51. The van der Waals surface area contributed by atoms with Crippen LogP contribution >= 0.6 is 15.9 Å². The van der Waals surface area contributed by atoms with E-state index in [1.807, 2.05) is 0 Å². The number of esters is 1. The number of aromatic nitrogens is 2. The summed E-state index contributed by atoms with van der Waals surface area (Å²) >= 11 is 2.86. The molecule has 0 fully saturated rings. The van der Waals surface area contributed by atoms with Crippen LogP contribution in [0.15, 0.2) is 16.6 Å². The topological polar surface area (TPSA) is 87.3 Å². The van der Waals surface area contributed by atoms with Crippen LogP contribution in [0.5, 0.6) is 5.75 Å². The zero-order valence-corrected chi connectivity index (χ0v) is 13.1. The van der Waals surface area contributed by atoms with Crippen LogP contribution in [0.25, 0.3) is 11.4 Å². The Bertz CT molecular complexity index is 756. The van der Waals surface area contributed by atoms with Gasteiger partial charge in [0.15, 0.2) is 34.7 Å². The van der Waals surface area contributed by atoms with E-state index in [4.69, 9.17) is 10.5 Å². The van der Waals surface area contributed by atoms with Crippen molar-refractivity contribution < 1.29 is 23.0 Å². The smallest absolute Gasteiger partial charge is 0.360 e. The van der Waals surface area contributed by atoms with Crippen molar-refractivity contribution >= 4 is 27.7 Å². The van der Waals surface area contributed by atoms with Crippen LogP contribution in [0.2, 0.25) is 0 Å². The van der Waals surface area contributed by atoms with Crippen LogP contribution in [0.4, 0.5) is 14.6 Å². The third-order valence-corrected chi connectivity index (χ3v) is 3.36. The number of methoxy groups -OCH3 is 2. The monoisotopic (exact) mass is 373 g/mol. The molecule has 0 aliphatic rings. The zero-order valence-electron chi connectivity index (χ0n) is 11.5. The highest BCUT2D eigenvalue weighted by atomic mass is 79.9. The summed E-state index contributed by atoms with van der Waals surface area (Å²) < 4.78 is 37.1. The highest BCUT2D eigenvalue weighted by Gasteiger charge is 2.23. The lowest BCUT2D eigenvalue weighted by atomic mass is 10.2. The first-order valence-corrected chi connectivity index (χ1v) is 6.63. The number of nitrogens with two attached hydrogens (primary N) is 1. The molecule has 0 radical (unpaired) electrons. The van der Waals surface area contributed by atoms with Gasteiger partial charge in [0, 0.05) is 0 Å². The zero-order chi connectivity index (χ0) is 16.4. The van der Waals surface area contributed by atoms with Gasteiger partial charge in [0.05, 0.1) is 24.3 Å². The minimum Gasteiger partial charge on any atom is -0.491 e. The highest BCUT2D eigenvalue weighted by molar-refractivity contribution is 9.10. The summed E-state index contributed by atoms with van der Waals surface area (Å²) in [6, 6.07) is 2.54. The maximum absolute atomic E-state index is 14.0. The quantitative estimate of drug-likeness (QED) is 0.657. The molecule has 0 saturated heterocycles. The van der Waals surface area contributed by atoms with E-state index in [0.29, 0.717) is 0 Å². The van der Waals surface area contributed by atoms with Crippen molar-refractivity contribution in [2.24, 2.45) is 0 Å². The Morgan fingerprint density at radius 3 is 2.50 bits per heavy atom. The van der Waals surface area contributed by atoms with Gasteiger partial charge in [-0.1, -0.05) is 0 Å². The minimum absolute atomic E-state index is 0.0524. The van der Waals surface area contributed by atoms with Gasteiger partial charge in [-0.15, -0.1) is 0 Å². The van der Waals surface area contributed by atoms with E-state index in [2.05, 4.69) is 30.6 Å². The summed E-state index contributed by atoms with van der Waals surface area (Å²) in [6.45, 7) is 0. The molecule has 0 aliphatic heterocycles. The third kappa shape index (κ3) is 2.71. The molecule has 0 aliphatic carbocycles. The fourth-order valence-electron chi connectivity index (χ4n) is 1.72. The normalized spacial score (nSPS) is 10.4. The van der Waals surface area contributed by atoms with Crippen molar-refractivity contribution in [2.45, 2.75) is 0 Å². The number of anilines is 1. The number of nitrogen functional groups attached to an aromatic ring is 1. The minimum atomic E-state index is -1.17. The van der Waals surface area contributed by atoms with Crippen LogP contribution in [0.3, 0.4) is 0 Å². The first-order valence-electron chi connectivity index (χ1n) is 5.84. The molecule has 1 heterocycles. The van der Waals surface area contributed by atoms with Crippen molar-refractivity contribution in [3.63, 3.8) is 0 Å². The number of carbonyl (C=O) groups excluding carboxylic acids is 1. The van der Waals surface area contributed by atoms with Gasteiger partial charge in [-0.05, 0) is 28.1 Å². The van der Waals surface area contributed by atoms with Crippen molar-refractivity contribution in [1.82, 2.24) is 9.97 Å². The number of hydrogen-bond acceptors (Lipinski definition) is 6. The van der Waals surface area contributed by atoms with E-state index in [1.54, 1.807) is 0 Å². The SMILES string of the molecule is COC(=O)c1nc(-c2ccc(Br)c(F)c2F)nc(N)c1OC. The molecule has 1 aromatic heterocycles. The fraction of sp³-hybridized carbons (Fsp3) is 0.154. The molecule has 0 spiro atoms. The fourth-order valence-corrected chi connectivity index (χ4v) is 2.03. The Morgan fingerprint density at radius 2 is 1.91 bits per heavy atom. The van der Waals surface area contributed by atoms with Crippen LogP contribution in [-0.2, 0) is 4.74 Å². The molecule has 0 unspecified atom stereocenters. The summed E-state index contributed by atoms with van der Waals surface area (Å²) in [5.41, 5.74) is 5.14. The Labute approximate surface area is 132 Å². The Morgan fingerprint density at radius 1 is 1.23 bits per heavy atom. The maximum atomic E-state index is 14.0. The van der Waals surface area contributed by atoms with Crippen LogP contribution in [0, 0.1) is 11.6 Å². The van der Waals surface area contributed by atoms with Gasteiger partial charge < -0.3 is 15.2 Å². The summed E-state index contributed by atoms with van der Waals surface area (Å²) in [5.74, 6) is -3.68. The highest BCUT2D eigenvalue weighted by Crippen LogP contribution is 2.31. The molecule has 2 N–H and O–H groups in total. The number of benzene rings is 1. The van der Waals surface area contributed by atoms with E-state index in [-0.39, 0.29) is 33.1 Å². The second-order valence-corrected chi connectivity index (χ2v) is 4.88. The molecule has 0 bridgehead atoms. The van der Waals surface area contributed by atoms with E-state index in [1.165, 1.54) is 19.2 Å². The number of nitrogens with zero attached hydrogens (tertiary/aromatic N) is 2. The Balaban J connectivity index is 2.70. The van der Waals surface area contributed by atoms with Gasteiger partial charge in [-0.25, -0.2) is 23.5 Å². The molecule has 2 aromatic rings. The number of ether oxygens (including phenoxy) is 2. The number of halogens is 3. The van der Waals surface area contributed by atoms with Crippen molar-refractivity contribution in [3.8, 4) is 17.1 Å². The molecule has 22 heavy (non-hydrogen) atoms. The number of rotatable bonds is 3. The first-order chi connectivity index (χ1) is 10.4. The lowest BCUT2D eigenvalue weighted by molar-refractivity contribution is 0.0590. The third-order valence-electron chi connectivity index (χ3n) is 2.75. The molecule has 0 atom stereocenters. The van der Waals surface area contributed by atoms with Gasteiger partial charge in [0.1, 0.15) is 0 Å². The van der Waals surface area contributed by atoms with Crippen molar-refractivity contribution in [3.05, 3.63) is 33.9 Å². The van der Waals surface area contributed by atoms with Crippen LogP contribution in [0.1, 0.15) is 10.5 Å². The number of carbonyl (C=O) groups is 1. The summed E-state index contributed by atoms with van der Waals surface area (Å²) in [4.78, 5) is 19.4. The average molecular weight is 374 g/mol. The molecule has 2 rings (SSSR count). The molecule has 6 nitrogen and oxygen atoms in total. The van der Waals surface area contributed by atoms with E-state index in [9.17, 15) is 13.6 Å². The lowest BCUT2D eigenvalue weighted by Gasteiger charge is -2.11. The number of hydrogen-bond donors (Lipinski definition) is 1. The van der Waals surface area contributed by atoms with Gasteiger partial charge in [-0.2, -0.15) is 0 Å². The largest absolute Gasteiger partial charge is 0.491 e. The molecular weight excluding hydrogens is 364 g/mol. The first kappa shape index (κ1) is 16.1. The predicted molar refractivity (Wildman–Crippen MR) is 77.4 cm³/mol. The van der Waals surface area contributed by atoms with E-state index < -0.39 is 17.6 Å². The summed E-state index contributed by atoms with van der Waals surface area (Å²) in [6.07, 6.45) is 0. The lowest BCUT2D eigenvalue weighted by Crippen LogP contribution is -2.12. The van der Waals surface area contributed by atoms with Gasteiger partial charge in [0.25, 0.3) is 0 Å². The van der Waals surface area contributed by atoms with Crippen LogP contribution < -0.4 is 10.5 Å². The maximum Gasteiger partial charge on any atom is 0.360 e. The molecule has 0 amide bonds. The standard InChI is InChI=1S/C13H10BrF2N3O3/c1-21-10-9(13(20)22-2)18-12(19-11(10)17)5-3-4-6(14)8(16)7(5)15/h3-4H,1-2H3,(H2,17,18,19).